The van der Waals surface area contributed by atoms with Crippen LogP contribution >= 0.6 is 0 Å². The van der Waals surface area contributed by atoms with Crippen LogP contribution in [0.25, 0.3) is 0 Å². The highest BCUT2D eigenvalue weighted by atomic mass is 16.3. The van der Waals surface area contributed by atoms with E-state index in [0.29, 0.717) is 5.71 Å². The smallest absolute Gasteiger partial charge is 0.255 e. The number of phenols is 1. The summed E-state index contributed by atoms with van der Waals surface area (Å²) in [6.45, 7) is 2.28. The van der Waals surface area contributed by atoms with Gasteiger partial charge in [-0.2, -0.15) is 0 Å². The number of aromatic hydroxyl groups is 1. The Hall–Kier alpha value is -3.21. The molecule has 0 aromatic heterocycles. The molecule has 1 amide bonds. The number of carbonyl (C=O) groups excluding carboxylic acids is 2. The molecule has 0 radical (unpaired) electrons. The SMILES string of the molecule is CC1=C\CC/C=C/C(C2=NCC(=O)C(C(=O)NCc3ccc(O)cc3)=C2)=C\1. The fraction of sp³-hybridized carbons (Fsp3) is 0.227. The maximum Gasteiger partial charge on any atom is 0.255 e. The largest absolute Gasteiger partial charge is 0.508 e. The van der Waals surface area contributed by atoms with Crippen LogP contribution in [0.15, 0.2) is 76.4 Å². The Labute approximate surface area is 158 Å². The molecule has 0 saturated carbocycles. The first-order chi connectivity index (χ1) is 13.0. The van der Waals surface area contributed by atoms with Gasteiger partial charge in [-0.25, -0.2) is 0 Å². The summed E-state index contributed by atoms with van der Waals surface area (Å²) in [5, 5.41) is 12.1. The summed E-state index contributed by atoms with van der Waals surface area (Å²) in [7, 11) is 0. The lowest BCUT2D eigenvalue weighted by molar-refractivity contribution is -0.122. The van der Waals surface area contributed by atoms with E-state index in [2.05, 4.69) is 22.5 Å². The number of dihydropyridines is 1. The Bertz CT molecular complexity index is 900. The Kier molecular flexibility index (Phi) is 5.81. The van der Waals surface area contributed by atoms with Gasteiger partial charge in [-0.3, -0.25) is 14.6 Å². The van der Waals surface area contributed by atoms with Crippen LogP contribution in [0, 0.1) is 0 Å². The number of benzene rings is 1. The lowest BCUT2D eigenvalue weighted by atomic mass is 9.97. The first-order valence-corrected chi connectivity index (χ1v) is 8.94. The summed E-state index contributed by atoms with van der Waals surface area (Å²) < 4.78 is 0. The number of aliphatic imine (C=N–C) groups is 1. The van der Waals surface area contributed by atoms with Crippen LogP contribution in [-0.4, -0.2) is 29.1 Å². The third kappa shape index (κ3) is 4.91. The number of rotatable bonds is 4. The maximum absolute atomic E-state index is 12.5. The highest BCUT2D eigenvalue weighted by Gasteiger charge is 2.23. The van der Waals surface area contributed by atoms with Gasteiger partial charge in [0.2, 0.25) is 0 Å². The normalized spacial score (nSPS) is 22.2. The molecule has 0 atom stereocenters. The van der Waals surface area contributed by atoms with Crippen molar-refractivity contribution in [3.8, 4) is 5.75 Å². The molecule has 2 N–H and O–H groups in total. The molecule has 3 rings (SSSR count). The molecule has 1 heterocycles. The zero-order valence-corrected chi connectivity index (χ0v) is 15.2. The molecule has 0 bridgehead atoms. The molecule has 2 aliphatic rings. The van der Waals surface area contributed by atoms with Crippen LogP contribution in [0.3, 0.4) is 0 Å². The number of phenolic OH excluding ortho intramolecular Hbond substituents is 1. The van der Waals surface area contributed by atoms with Gasteiger partial charge in [-0.05, 0) is 49.1 Å². The van der Waals surface area contributed by atoms with Gasteiger partial charge in [0.25, 0.3) is 5.91 Å². The summed E-state index contributed by atoms with van der Waals surface area (Å²) in [6.07, 6.45) is 11.8. The number of nitrogens with one attached hydrogen (secondary N) is 1. The average molecular weight is 362 g/mol. The number of hydrogen-bond donors (Lipinski definition) is 2. The fourth-order valence-corrected chi connectivity index (χ4v) is 2.89. The second-order valence-electron chi connectivity index (χ2n) is 6.56. The molecular weight excluding hydrogens is 340 g/mol. The average Bonchev–Trinajstić information content (AvgIpc) is 2.64. The van der Waals surface area contributed by atoms with Gasteiger partial charge in [-0.1, -0.05) is 42.0 Å². The highest BCUT2D eigenvalue weighted by Crippen LogP contribution is 2.17. The zero-order valence-electron chi connectivity index (χ0n) is 15.2. The molecule has 138 valence electrons. The summed E-state index contributed by atoms with van der Waals surface area (Å²) in [6, 6.07) is 6.55. The van der Waals surface area contributed by atoms with Crippen molar-refractivity contribution in [1.82, 2.24) is 5.32 Å². The van der Waals surface area contributed by atoms with Gasteiger partial charge in [-0.15, -0.1) is 0 Å². The van der Waals surface area contributed by atoms with Crippen LogP contribution in [0.2, 0.25) is 0 Å². The van der Waals surface area contributed by atoms with Crippen molar-refractivity contribution in [2.75, 3.05) is 6.54 Å². The topological polar surface area (TPSA) is 78.8 Å². The zero-order chi connectivity index (χ0) is 19.2. The maximum atomic E-state index is 12.5. The Morgan fingerprint density at radius 1 is 1.19 bits per heavy atom. The monoisotopic (exact) mass is 362 g/mol. The number of Topliss-reactive ketones (excluding diaryl/α,β-unsaturated/α-hetero) is 1. The van der Waals surface area contributed by atoms with Crippen LogP contribution in [0.5, 0.6) is 5.75 Å². The number of hydrogen-bond acceptors (Lipinski definition) is 4. The molecule has 0 fully saturated rings. The number of ketones is 1. The second-order valence-corrected chi connectivity index (χ2v) is 6.56. The van der Waals surface area contributed by atoms with Crippen molar-refractivity contribution in [2.24, 2.45) is 4.99 Å². The quantitative estimate of drug-likeness (QED) is 0.808. The van der Waals surface area contributed by atoms with E-state index in [9.17, 15) is 14.7 Å². The van der Waals surface area contributed by atoms with Crippen LogP contribution < -0.4 is 5.32 Å². The van der Waals surface area contributed by atoms with Crippen molar-refractivity contribution >= 4 is 17.4 Å². The van der Waals surface area contributed by atoms with Crippen molar-refractivity contribution < 1.29 is 14.7 Å². The van der Waals surface area contributed by atoms with Gasteiger partial charge >= 0.3 is 0 Å². The first-order valence-electron chi connectivity index (χ1n) is 8.94. The standard InChI is InChI=1S/C22H22N2O3/c1-15-5-3-2-4-6-17(11-15)20-12-19(21(26)14-23-20)22(27)24-13-16-7-9-18(25)10-8-16/h4-12,25H,2-3,13-14H2,1H3,(H,24,27)/b6-4+,15-5+,17-11+. The Morgan fingerprint density at radius 2 is 1.96 bits per heavy atom. The van der Waals surface area contributed by atoms with E-state index in [-0.39, 0.29) is 30.2 Å². The van der Waals surface area contributed by atoms with E-state index in [1.165, 1.54) is 0 Å². The molecule has 1 aromatic rings. The molecule has 0 saturated heterocycles. The van der Waals surface area contributed by atoms with Crippen molar-refractivity contribution in [3.63, 3.8) is 0 Å². The third-order valence-corrected chi connectivity index (χ3v) is 4.38. The van der Waals surface area contributed by atoms with Gasteiger partial charge in [0.15, 0.2) is 5.78 Å². The third-order valence-electron chi connectivity index (χ3n) is 4.38. The summed E-state index contributed by atoms with van der Waals surface area (Å²) in [5.74, 6) is -0.534. The number of nitrogens with zero attached hydrogens (tertiary/aromatic N) is 1. The molecule has 0 unspecified atom stereocenters. The van der Waals surface area contributed by atoms with Crippen molar-refractivity contribution in [1.29, 1.82) is 0 Å². The molecule has 5 nitrogen and oxygen atoms in total. The van der Waals surface area contributed by atoms with Gasteiger partial charge < -0.3 is 10.4 Å². The minimum atomic E-state index is -0.414. The van der Waals surface area contributed by atoms with Crippen LogP contribution in [-0.2, 0) is 16.1 Å². The first kappa shape index (κ1) is 18.6. The number of amides is 1. The van der Waals surface area contributed by atoms with Crippen LogP contribution in [0.1, 0.15) is 25.3 Å². The molecular formula is C22H22N2O3. The van der Waals surface area contributed by atoms with Gasteiger partial charge in [0, 0.05) is 6.54 Å². The number of allylic oxidation sites excluding steroid dienone is 7. The van der Waals surface area contributed by atoms with E-state index in [4.69, 9.17) is 0 Å². The van der Waals surface area contributed by atoms with E-state index >= 15 is 0 Å². The van der Waals surface area contributed by atoms with Crippen molar-refractivity contribution in [3.05, 3.63) is 76.9 Å². The lowest BCUT2D eigenvalue weighted by Gasteiger charge is -2.14. The Morgan fingerprint density at radius 3 is 2.74 bits per heavy atom. The summed E-state index contributed by atoms with van der Waals surface area (Å²) >= 11 is 0. The predicted molar refractivity (Wildman–Crippen MR) is 106 cm³/mol. The van der Waals surface area contributed by atoms with Gasteiger partial charge in [0.1, 0.15) is 12.3 Å². The minimum absolute atomic E-state index is 0.0261. The van der Waals surface area contributed by atoms with E-state index in [1.807, 2.05) is 19.1 Å². The molecule has 27 heavy (non-hydrogen) atoms. The minimum Gasteiger partial charge on any atom is -0.508 e. The van der Waals surface area contributed by atoms with E-state index < -0.39 is 5.91 Å². The van der Waals surface area contributed by atoms with E-state index in [0.717, 1.165) is 29.6 Å². The van der Waals surface area contributed by atoms with Gasteiger partial charge in [0.05, 0.1) is 11.3 Å². The molecule has 0 spiro atoms. The fourth-order valence-electron chi connectivity index (χ4n) is 2.89. The second kappa shape index (κ2) is 8.45. The highest BCUT2D eigenvalue weighted by molar-refractivity contribution is 6.28. The summed E-state index contributed by atoms with van der Waals surface area (Å²) in [5.41, 5.74) is 3.65. The lowest BCUT2D eigenvalue weighted by Crippen LogP contribution is -2.31. The van der Waals surface area contributed by atoms with Crippen molar-refractivity contribution in [2.45, 2.75) is 26.3 Å². The Balaban J connectivity index is 1.76. The number of carbonyl (C=O) groups is 2. The van der Waals surface area contributed by atoms with Crippen LogP contribution in [0.4, 0.5) is 0 Å². The summed E-state index contributed by atoms with van der Waals surface area (Å²) in [4.78, 5) is 29.0. The van der Waals surface area contributed by atoms with E-state index in [1.54, 1.807) is 30.3 Å². The molecule has 1 aliphatic heterocycles. The molecule has 5 heteroatoms. The molecule has 1 aliphatic carbocycles. The predicted octanol–water partition coefficient (Wildman–Crippen LogP) is 3.18. The molecule has 1 aromatic carbocycles.